The molecule has 1 N–H and O–H groups in total. The van der Waals surface area contributed by atoms with Crippen molar-refractivity contribution in [1.82, 2.24) is 10.3 Å². The summed E-state index contributed by atoms with van der Waals surface area (Å²) in [4.78, 5) is 4.01. The van der Waals surface area contributed by atoms with Gasteiger partial charge >= 0.3 is 0 Å². The van der Waals surface area contributed by atoms with Crippen LogP contribution in [0.3, 0.4) is 0 Å². The van der Waals surface area contributed by atoms with Gasteiger partial charge in [-0.3, -0.25) is 4.98 Å². The van der Waals surface area contributed by atoms with E-state index in [0.29, 0.717) is 6.61 Å². The first-order valence-electron chi connectivity index (χ1n) is 7.22. The topological polar surface area (TPSA) is 43.4 Å². The lowest BCUT2D eigenvalue weighted by molar-refractivity contribution is 0.294. The Labute approximate surface area is 126 Å². The zero-order valence-electron chi connectivity index (χ0n) is 12.6. The van der Waals surface area contributed by atoms with Gasteiger partial charge in [0.2, 0.25) is 0 Å². The van der Waals surface area contributed by atoms with Gasteiger partial charge in [0.05, 0.1) is 13.7 Å². The fraction of sp³-hybridized carbons (Fsp3) is 0.353. The molecular weight excluding hydrogens is 264 g/mol. The minimum atomic E-state index is 0.704. The predicted molar refractivity (Wildman–Crippen MR) is 83.6 cm³/mol. The zero-order valence-corrected chi connectivity index (χ0v) is 12.6. The number of nitrogens with one attached hydrogen (secondary N) is 1. The van der Waals surface area contributed by atoms with Gasteiger partial charge in [-0.15, -0.1) is 0 Å². The highest BCUT2D eigenvalue weighted by Gasteiger charge is 2.05. The summed E-state index contributed by atoms with van der Waals surface area (Å²) in [6, 6.07) is 10.1. The van der Waals surface area contributed by atoms with Crippen LogP contribution in [0.25, 0.3) is 0 Å². The van der Waals surface area contributed by atoms with Crippen LogP contribution in [0.4, 0.5) is 0 Å². The van der Waals surface area contributed by atoms with Crippen LogP contribution in [-0.2, 0) is 13.1 Å². The quantitative estimate of drug-likeness (QED) is 0.809. The van der Waals surface area contributed by atoms with Crippen LogP contribution in [0.2, 0.25) is 0 Å². The second-order valence-electron chi connectivity index (χ2n) is 4.79. The Hall–Kier alpha value is -2.07. The first kappa shape index (κ1) is 15.3. The molecule has 0 atom stereocenters. The molecule has 112 valence electrons. The summed E-state index contributed by atoms with van der Waals surface area (Å²) >= 11 is 0. The molecule has 1 aromatic heterocycles. The van der Waals surface area contributed by atoms with Crippen molar-refractivity contribution < 1.29 is 9.47 Å². The third-order valence-electron chi connectivity index (χ3n) is 3.10. The molecule has 4 nitrogen and oxygen atoms in total. The monoisotopic (exact) mass is 286 g/mol. The maximum Gasteiger partial charge on any atom is 0.161 e. The summed E-state index contributed by atoms with van der Waals surface area (Å²) in [5.74, 6) is 1.59. The van der Waals surface area contributed by atoms with E-state index in [1.807, 2.05) is 24.3 Å². The minimum absolute atomic E-state index is 0.704. The molecule has 0 aliphatic carbocycles. The van der Waals surface area contributed by atoms with Gasteiger partial charge in [-0.05, 0) is 41.8 Å². The second kappa shape index (κ2) is 8.27. The Balaban J connectivity index is 1.91. The smallest absolute Gasteiger partial charge is 0.161 e. The summed E-state index contributed by atoms with van der Waals surface area (Å²) < 4.78 is 11.0. The number of hydrogen-bond acceptors (Lipinski definition) is 4. The van der Waals surface area contributed by atoms with Gasteiger partial charge < -0.3 is 14.8 Å². The highest BCUT2D eigenvalue weighted by molar-refractivity contribution is 5.42. The van der Waals surface area contributed by atoms with Crippen LogP contribution in [0.5, 0.6) is 11.5 Å². The molecule has 2 aromatic rings. The van der Waals surface area contributed by atoms with E-state index in [0.717, 1.165) is 31.0 Å². The summed E-state index contributed by atoms with van der Waals surface area (Å²) in [5.41, 5.74) is 2.39. The molecule has 0 bridgehead atoms. The van der Waals surface area contributed by atoms with E-state index >= 15 is 0 Å². The molecule has 0 aliphatic heterocycles. The average molecular weight is 286 g/mol. The Morgan fingerprint density at radius 3 is 2.48 bits per heavy atom. The first-order chi connectivity index (χ1) is 10.3. The third-order valence-corrected chi connectivity index (χ3v) is 3.10. The van der Waals surface area contributed by atoms with Gasteiger partial charge in [-0.2, -0.15) is 0 Å². The van der Waals surface area contributed by atoms with E-state index in [4.69, 9.17) is 9.47 Å². The van der Waals surface area contributed by atoms with Crippen molar-refractivity contribution in [2.75, 3.05) is 13.7 Å². The Kier molecular flexibility index (Phi) is 6.03. The molecule has 0 saturated carbocycles. The average Bonchev–Trinajstić information content (AvgIpc) is 2.54. The fourth-order valence-electron chi connectivity index (χ4n) is 2.01. The lowest BCUT2D eigenvalue weighted by Gasteiger charge is -2.12. The summed E-state index contributed by atoms with van der Waals surface area (Å²) in [5, 5.41) is 3.41. The molecule has 1 heterocycles. The number of ether oxygens (including phenoxy) is 2. The van der Waals surface area contributed by atoms with E-state index in [2.05, 4.69) is 23.3 Å². The van der Waals surface area contributed by atoms with Crippen LogP contribution in [-0.4, -0.2) is 18.7 Å². The van der Waals surface area contributed by atoms with Crippen LogP contribution in [0.1, 0.15) is 24.5 Å². The van der Waals surface area contributed by atoms with Crippen molar-refractivity contribution in [1.29, 1.82) is 0 Å². The fourth-order valence-corrected chi connectivity index (χ4v) is 2.01. The SMILES string of the molecule is CCCOc1ccc(CNCc2ccncc2)cc1OC. The van der Waals surface area contributed by atoms with E-state index in [1.165, 1.54) is 11.1 Å². The van der Waals surface area contributed by atoms with Gasteiger partial charge in [0.25, 0.3) is 0 Å². The number of benzene rings is 1. The molecule has 0 amide bonds. The van der Waals surface area contributed by atoms with E-state index in [9.17, 15) is 0 Å². The van der Waals surface area contributed by atoms with E-state index < -0.39 is 0 Å². The Bertz CT molecular complexity index is 544. The molecule has 0 fully saturated rings. The molecule has 21 heavy (non-hydrogen) atoms. The highest BCUT2D eigenvalue weighted by Crippen LogP contribution is 2.28. The van der Waals surface area contributed by atoms with Crippen molar-refractivity contribution in [3.63, 3.8) is 0 Å². The lowest BCUT2D eigenvalue weighted by Crippen LogP contribution is -2.12. The van der Waals surface area contributed by atoms with E-state index in [-0.39, 0.29) is 0 Å². The largest absolute Gasteiger partial charge is 0.493 e. The normalized spacial score (nSPS) is 10.4. The first-order valence-corrected chi connectivity index (χ1v) is 7.22. The number of pyridine rings is 1. The summed E-state index contributed by atoms with van der Waals surface area (Å²) in [6.07, 6.45) is 4.60. The molecule has 0 spiro atoms. The number of rotatable bonds is 8. The number of nitrogens with zero attached hydrogens (tertiary/aromatic N) is 1. The van der Waals surface area contributed by atoms with Gasteiger partial charge in [-0.1, -0.05) is 13.0 Å². The van der Waals surface area contributed by atoms with Crippen molar-refractivity contribution >= 4 is 0 Å². The molecular formula is C17H22N2O2. The molecule has 0 saturated heterocycles. The minimum Gasteiger partial charge on any atom is -0.493 e. The standard InChI is InChI=1S/C17H22N2O2/c1-3-10-21-16-5-4-15(11-17(16)20-2)13-19-12-14-6-8-18-9-7-14/h4-9,11,19H,3,10,12-13H2,1-2H3. The van der Waals surface area contributed by atoms with Crippen molar-refractivity contribution in [2.24, 2.45) is 0 Å². The summed E-state index contributed by atoms with van der Waals surface area (Å²) in [7, 11) is 1.67. The summed E-state index contributed by atoms with van der Waals surface area (Å²) in [6.45, 7) is 4.39. The zero-order chi connectivity index (χ0) is 14.9. The highest BCUT2D eigenvalue weighted by atomic mass is 16.5. The van der Waals surface area contributed by atoms with Gasteiger partial charge in [0.15, 0.2) is 11.5 Å². The van der Waals surface area contributed by atoms with Crippen molar-refractivity contribution in [3.05, 3.63) is 53.9 Å². The second-order valence-corrected chi connectivity index (χ2v) is 4.79. The van der Waals surface area contributed by atoms with Crippen LogP contribution in [0.15, 0.2) is 42.7 Å². The molecule has 1 aromatic carbocycles. The number of aromatic nitrogens is 1. The molecule has 0 unspecified atom stereocenters. The molecule has 0 aliphatic rings. The van der Waals surface area contributed by atoms with Crippen LogP contribution >= 0.6 is 0 Å². The maximum atomic E-state index is 5.65. The Morgan fingerprint density at radius 2 is 1.76 bits per heavy atom. The molecule has 0 radical (unpaired) electrons. The van der Waals surface area contributed by atoms with Crippen molar-refractivity contribution in [3.8, 4) is 11.5 Å². The molecule has 4 heteroatoms. The number of hydrogen-bond donors (Lipinski definition) is 1. The van der Waals surface area contributed by atoms with Gasteiger partial charge in [0.1, 0.15) is 0 Å². The van der Waals surface area contributed by atoms with Crippen LogP contribution < -0.4 is 14.8 Å². The maximum absolute atomic E-state index is 5.65. The van der Waals surface area contributed by atoms with Crippen LogP contribution in [0, 0.1) is 0 Å². The Morgan fingerprint density at radius 1 is 1.00 bits per heavy atom. The lowest BCUT2D eigenvalue weighted by atomic mass is 10.2. The predicted octanol–water partition coefficient (Wildman–Crippen LogP) is 3.17. The number of methoxy groups -OCH3 is 1. The molecule has 2 rings (SSSR count). The van der Waals surface area contributed by atoms with Gasteiger partial charge in [0, 0.05) is 25.5 Å². The van der Waals surface area contributed by atoms with Crippen molar-refractivity contribution in [2.45, 2.75) is 26.4 Å². The van der Waals surface area contributed by atoms with E-state index in [1.54, 1.807) is 19.5 Å². The third kappa shape index (κ3) is 4.76. The van der Waals surface area contributed by atoms with Gasteiger partial charge in [-0.25, -0.2) is 0 Å².